The largest absolute Gasteiger partial charge is 0.481 e. The van der Waals surface area contributed by atoms with Gasteiger partial charge in [0.2, 0.25) is 5.88 Å². The second-order valence-electron chi connectivity index (χ2n) is 5.17. The van der Waals surface area contributed by atoms with Crippen molar-refractivity contribution in [3.63, 3.8) is 0 Å². The quantitative estimate of drug-likeness (QED) is 0.695. The maximum atomic E-state index is 5.03. The minimum atomic E-state index is 0.637. The van der Waals surface area contributed by atoms with Crippen molar-refractivity contribution in [1.82, 2.24) is 15.2 Å². The van der Waals surface area contributed by atoms with Crippen molar-refractivity contribution in [1.29, 1.82) is 0 Å². The summed E-state index contributed by atoms with van der Waals surface area (Å²) in [4.78, 5) is 6.57. The lowest BCUT2D eigenvalue weighted by Gasteiger charge is -2.20. The van der Waals surface area contributed by atoms with E-state index in [0.29, 0.717) is 11.9 Å². The van der Waals surface area contributed by atoms with Crippen molar-refractivity contribution in [2.75, 3.05) is 27.2 Å². The van der Waals surface area contributed by atoms with E-state index in [1.165, 1.54) is 24.9 Å². The van der Waals surface area contributed by atoms with Crippen LogP contribution in [0.1, 0.15) is 32.3 Å². The van der Waals surface area contributed by atoms with Gasteiger partial charge in [-0.05, 0) is 52.4 Å². The van der Waals surface area contributed by atoms with Crippen LogP contribution in [0, 0.1) is 0 Å². The third-order valence-electron chi connectivity index (χ3n) is 3.33. The van der Waals surface area contributed by atoms with Crippen molar-refractivity contribution in [2.24, 2.45) is 0 Å². The molecular formula is C15H27N3O. The Bertz CT molecular complexity index is 338. The predicted octanol–water partition coefficient (Wildman–Crippen LogP) is 2.30. The Hall–Kier alpha value is -1.13. The summed E-state index contributed by atoms with van der Waals surface area (Å²) in [6.07, 6.45) is 4.31. The number of unbranched alkanes of at least 4 members (excludes halogenated alkanes) is 1. The van der Waals surface area contributed by atoms with E-state index in [0.717, 1.165) is 13.1 Å². The predicted molar refractivity (Wildman–Crippen MR) is 79.5 cm³/mol. The van der Waals surface area contributed by atoms with Gasteiger partial charge in [0.1, 0.15) is 0 Å². The van der Waals surface area contributed by atoms with E-state index in [9.17, 15) is 0 Å². The second-order valence-corrected chi connectivity index (χ2v) is 5.17. The lowest BCUT2D eigenvalue weighted by molar-refractivity contribution is 0.268. The zero-order chi connectivity index (χ0) is 14.1. The SMILES string of the molecule is COc1ccc(CNCCCCN(C)C(C)C)cn1. The summed E-state index contributed by atoms with van der Waals surface area (Å²) < 4.78 is 5.03. The van der Waals surface area contributed by atoms with Gasteiger partial charge in [-0.3, -0.25) is 0 Å². The molecule has 1 aromatic rings. The number of methoxy groups -OCH3 is 1. The number of nitrogens with one attached hydrogen (secondary N) is 1. The number of hydrogen-bond acceptors (Lipinski definition) is 4. The normalized spacial score (nSPS) is 11.3. The van der Waals surface area contributed by atoms with Gasteiger partial charge in [0, 0.05) is 24.8 Å². The number of ether oxygens (including phenoxy) is 1. The highest BCUT2D eigenvalue weighted by atomic mass is 16.5. The molecule has 1 heterocycles. The molecule has 0 radical (unpaired) electrons. The first-order valence-electron chi connectivity index (χ1n) is 7.03. The van der Waals surface area contributed by atoms with E-state index in [2.05, 4.69) is 36.1 Å². The van der Waals surface area contributed by atoms with Crippen LogP contribution in [-0.4, -0.2) is 43.2 Å². The monoisotopic (exact) mass is 265 g/mol. The summed E-state index contributed by atoms with van der Waals surface area (Å²) in [6.45, 7) is 7.56. The average Bonchev–Trinajstić information content (AvgIpc) is 2.42. The van der Waals surface area contributed by atoms with Crippen LogP contribution in [0.5, 0.6) is 5.88 Å². The van der Waals surface area contributed by atoms with Gasteiger partial charge >= 0.3 is 0 Å². The first kappa shape index (κ1) is 15.9. The molecule has 0 fully saturated rings. The van der Waals surface area contributed by atoms with Crippen LogP contribution in [0.2, 0.25) is 0 Å². The van der Waals surface area contributed by atoms with E-state index in [-0.39, 0.29) is 0 Å². The molecule has 0 aromatic carbocycles. The lowest BCUT2D eigenvalue weighted by Crippen LogP contribution is -2.27. The third-order valence-corrected chi connectivity index (χ3v) is 3.33. The second kappa shape index (κ2) is 8.88. The number of pyridine rings is 1. The fourth-order valence-electron chi connectivity index (χ4n) is 1.74. The van der Waals surface area contributed by atoms with Gasteiger partial charge in [-0.15, -0.1) is 0 Å². The van der Waals surface area contributed by atoms with Crippen LogP contribution < -0.4 is 10.1 Å². The van der Waals surface area contributed by atoms with Gasteiger partial charge < -0.3 is 15.0 Å². The molecule has 0 aliphatic carbocycles. The minimum absolute atomic E-state index is 0.637. The summed E-state index contributed by atoms with van der Waals surface area (Å²) in [5, 5.41) is 3.44. The molecule has 1 aromatic heterocycles. The van der Waals surface area contributed by atoms with Gasteiger partial charge in [-0.25, -0.2) is 4.98 Å². The molecule has 0 bridgehead atoms. The molecule has 4 nitrogen and oxygen atoms in total. The molecule has 0 saturated heterocycles. The number of rotatable bonds is 9. The van der Waals surface area contributed by atoms with Crippen molar-refractivity contribution >= 4 is 0 Å². The van der Waals surface area contributed by atoms with E-state index in [4.69, 9.17) is 4.74 Å². The van der Waals surface area contributed by atoms with E-state index in [1.807, 2.05) is 18.3 Å². The summed E-state index contributed by atoms with van der Waals surface area (Å²) in [5.74, 6) is 0.667. The summed E-state index contributed by atoms with van der Waals surface area (Å²) >= 11 is 0. The Morgan fingerprint density at radius 1 is 1.32 bits per heavy atom. The van der Waals surface area contributed by atoms with Gasteiger partial charge in [0.05, 0.1) is 7.11 Å². The van der Waals surface area contributed by atoms with Crippen molar-refractivity contribution in [2.45, 2.75) is 39.3 Å². The third kappa shape index (κ3) is 6.55. The summed E-state index contributed by atoms with van der Waals surface area (Å²) in [5.41, 5.74) is 1.19. The zero-order valence-corrected chi connectivity index (χ0v) is 12.6. The van der Waals surface area contributed by atoms with Crippen LogP contribution in [0.4, 0.5) is 0 Å². The molecule has 0 spiro atoms. The Kier molecular flexibility index (Phi) is 7.45. The summed E-state index contributed by atoms with van der Waals surface area (Å²) in [7, 11) is 3.82. The fraction of sp³-hybridized carbons (Fsp3) is 0.667. The van der Waals surface area contributed by atoms with Crippen molar-refractivity contribution in [3.8, 4) is 5.88 Å². The number of nitrogens with zero attached hydrogens (tertiary/aromatic N) is 2. The first-order chi connectivity index (χ1) is 9.13. The number of aromatic nitrogens is 1. The first-order valence-corrected chi connectivity index (χ1v) is 7.03. The van der Waals surface area contributed by atoms with Gasteiger partial charge in [0.15, 0.2) is 0 Å². The maximum Gasteiger partial charge on any atom is 0.212 e. The molecule has 4 heteroatoms. The highest BCUT2D eigenvalue weighted by Gasteiger charge is 2.01. The molecule has 0 atom stereocenters. The Morgan fingerprint density at radius 2 is 2.11 bits per heavy atom. The molecular weight excluding hydrogens is 238 g/mol. The van der Waals surface area contributed by atoms with Crippen LogP contribution in [-0.2, 0) is 6.54 Å². The molecule has 0 saturated carbocycles. The molecule has 0 aliphatic heterocycles. The van der Waals surface area contributed by atoms with Gasteiger partial charge in [-0.2, -0.15) is 0 Å². The Balaban J connectivity index is 2.07. The Morgan fingerprint density at radius 3 is 2.68 bits per heavy atom. The highest BCUT2D eigenvalue weighted by Crippen LogP contribution is 2.06. The molecule has 108 valence electrons. The van der Waals surface area contributed by atoms with Crippen LogP contribution in [0.3, 0.4) is 0 Å². The number of hydrogen-bond donors (Lipinski definition) is 1. The lowest BCUT2D eigenvalue weighted by atomic mass is 10.2. The fourth-order valence-corrected chi connectivity index (χ4v) is 1.74. The summed E-state index contributed by atoms with van der Waals surface area (Å²) in [6, 6.07) is 4.58. The van der Waals surface area contributed by atoms with E-state index in [1.54, 1.807) is 7.11 Å². The van der Waals surface area contributed by atoms with Crippen LogP contribution >= 0.6 is 0 Å². The minimum Gasteiger partial charge on any atom is -0.481 e. The van der Waals surface area contributed by atoms with E-state index >= 15 is 0 Å². The van der Waals surface area contributed by atoms with Gasteiger partial charge in [0.25, 0.3) is 0 Å². The Labute approximate surface area is 117 Å². The topological polar surface area (TPSA) is 37.4 Å². The zero-order valence-electron chi connectivity index (χ0n) is 12.6. The molecule has 19 heavy (non-hydrogen) atoms. The smallest absolute Gasteiger partial charge is 0.212 e. The van der Waals surface area contributed by atoms with Gasteiger partial charge in [-0.1, -0.05) is 6.07 Å². The standard InChI is InChI=1S/C15H27N3O/c1-13(2)18(3)10-6-5-9-16-11-14-7-8-15(19-4)17-12-14/h7-8,12-13,16H,5-6,9-11H2,1-4H3. The highest BCUT2D eigenvalue weighted by molar-refractivity contribution is 5.17. The van der Waals surface area contributed by atoms with Crippen LogP contribution in [0.15, 0.2) is 18.3 Å². The molecule has 0 unspecified atom stereocenters. The molecule has 0 aliphatic rings. The molecule has 1 rings (SSSR count). The molecule has 0 amide bonds. The average molecular weight is 265 g/mol. The van der Waals surface area contributed by atoms with Crippen molar-refractivity contribution in [3.05, 3.63) is 23.9 Å². The maximum absolute atomic E-state index is 5.03. The van der Waals surface area contributed by atoms with E-state index < -0.39 is 0 Å². The van der Waals surface area contributed by atoms with Crippen LogP contribution in [0.25, 0.3) is 0 Å². The molecule has 1 N–H and O–H groups in total. The van der Waals surface area contributed by atoms with Crippen molar-refractivity contribution < 1.29 is 4.74 Å².